The lowest BCUT2D eigenvalue weighted by Gasteiger charge is -2.51. The summed E-state index contributed by atoms with van der Waals surface area (Å²) in [5.74, 6) is -4.90. The summed E-state index contributed by atoms with van der Waals surface area (Å²) >= 11 is 0. The first kappa shape index (κ1) is 121. The molecule has 836 valence electrons. The summed E-state index contributed by atoms with van der Waals surface area (Å²) in [6.45, 7) is 25.0. The van der Waals surface area contributed by atoms with Gasteiger partial charge in [0.05, 0.1) is 291 Å². The highest BCUT2D eigenvalue weighted by atomic mass is 19.4. The Hall–Kier alpha value is -3.45. The van der Waals surface area contributed by atoms with Gasteiger partial charge in [0, 0.05) is 12.8 Å². The Labute approximate surface area is 844 Å². The van der Waals surface area contributed by atoms with E-state index in [0.717, 1.165) is 158 Å². The highest BCUT2D eigenvalue weighted by Gasteiger charge is 2.64. The topological polar surface area (TPSA) is 290 Å². The summed E-state index contributed by atoms with van der Waals surface area (Å²) in [6.07, 6.45) is -0.485. The number of morpholine rings is 16. The largest absolute Gasteiger partial charge is 0.465 e. The summed E-state index contributed by atoms with van der Waals surface area (Å²) < 4.78 is 243. The molecule has 29 atom stereocenters. The van der Waals surface area contributed by atoms with Crippen LogP contribution in [-0.4, -0.2) is 458 Å². The molecule has 24 aliphatic rings. The number of quaternary nitrogens is 14. The van der Waals surface area contributed by atoms with E-state index in [1.54, 1.807) is 0 Å². The summed E-state index contributed by atoms with van der Waals surface area (Å²) in [7, 11) is 55.1. The second-order valence-electron chi connectivity index (χ2n) is 42.1. The lowest BCUT2D eigenvalue weighted by atomic mass is 9.92. The molecule has 35 nitrogen and oxygen atoms in total. The number of nitrogens with zero attached hydrogens (tertiary/aromatic N) is 1. The molecule has 144 heavy (non-hydrogen) atoms. The molecule has 23 aliphatic heterocycles. The van der Waals surface area contributed by atoms with Gasteiger partial charge in [-0.1, -0.05) is 0 Å². The van der Waals surface area contributed by atoms with Crippen molar-refractivity contribution in [3.05, 3.63) is 98.7 Å². The fraction of sp³-hybridized carbons (Fsp3) is 0.825. The number of carbonyl (C=O) groups is 2. The Bertz CT molecular complexity index is 3610. The molecule has 0 aromatic carbocycles. The zero-order valence-corrected chi connectivity index (χ0v) is 84.3. The number of halogens is 12. The molecule has 0 amide bonds. The average Bonchev–Trinajstić information content (AvgIpc) is 1.56. The number of ketones is 1. The summed E-state index contributed by atoms with van der Waals surface area (Å²) in [4.78, 5) is 36.5. The predicted octanol–water partition coefficient (Wildman–Crippen LogP) is -14.0. The predicted molar refractivity (Wildman–Crippen MR) is 488 cm³/mol. The number of epoxide rings is 1. The number of Topliss-reactive ketones (excluding diaryl/α,β-unsaturated/α-hetero) is 1. The third kappa shape index (κ3) is 34.0. The quantitative estimate of drug-likeness (QED) is 0.0541. The number of carbonyl (C=O) groups excluding carboxylic acids is 2. The van der Waals surface area contributed by atoms with Crippen LogP contribution in [0.4, 0.5) is 52.7 Å². The molecular weight excluding hydrogens is 1920 g/mol. The monoisotopic (exact) mass is 2090 g/mol. The number of piperidine rings is 3. The van der Waals surface area contributed by atoms with Crippen molar-refractivity contribution in [2.24, 2.45) is 0 Å². The number of methoxy groups -OCH3 is 1. The van der Waals surface area contributed by atoms with Crippen molar-refractivity contribution in [2.75, 3.05) is 271 Å². The molecule has 1 saturated carbocycles. The molecule has 0 radical (unpaired) electrons. The molecule has 29 unspecified atom stereocenters. The summed E-state index contributed by atoms with van der Waals surface area (Å²) in [5, 5.41) is 8.47. The first-order chi connectivity index (χ1) is 68.7. The lowest BCUT2D eigenvalue weighted by molar-refractivity contribution is -0.932. The Morgan fingerprint density at radius 2 is 0.819 bits per heavy atom. The van der Waals surface area contributed by atoms with E-state index in [1.807, 2.05) is 0 Å². The number of nitriles is 1. The SMILES string of the molecule is [CH2-][NH+]1C2CCCC1COC2.[CH2-][NH+]1C2COCC1C(F)(F)C2.[CH2-][NH+]1C2COCC1C(F)C2F.[CH2-][NH+]1C2COCC1C1OC12.[CH2-][NH+]1C2COCC1CC(=O)C2.[CH2-][NH+]1C2COCC1CC(F)(F)C2.[CH2-][NH+]1C2COCC1COC2.[CH2-][NH+]1CCOCC12CC2.[CH2-][NH+]1CCOCC12COC2.[CH2-][NH+]1CCOCC1C#N.[CH2-][NH+]1CCOCC1C(=O)OC.[CH2-][NH+]1CCOCC1C(F)(F)F.[CH2-][NH+]1CCOCC1C(F)F.[CH2-][NH+]1CCOCC1CF. The number of hydrogen-bond donors (Lipinski definition) is 14. The third-order valence-electron chi connectivity index (χ3n) is 32.0. The number of hydrogen-bond acceptors (Lipinski definition) is 21. The average molecular weight is 2090 g/mol. The second kappa shape index (κ2) is 57.7. The van der Waals surface area contributed by atoms with E-state index in [0.29, 0.717) is 198 Å². The fourth-order valence-corrected chi connectivity index (χ4v) is 21.3. The molecule has 47 heteroatoms. The van der Waals surface area contributed by atoms with E-state index in [2.05, 4.69) is 109 Å². The van der Waals surface area contributed by atoms with Crippen LogP contribution in [0.25, 0.3) is 0 Å². The van der Waals surface area contributed by atoms with Crippen molar-refractivity contribution in [3.8, 4) is 6.07 Å². The first-order valence-electron chi connectivity index (χ1n) is 51.0. The van der Waals surface area contributed by atoms with Gasteiger partial charge in [0.25, 0.3) is 12.3 Å². The zero-order valence-electron chi connectivity index (χ0n) is 84.3. The zero-order chi connectivity index (χ0) is 104. The molecule has 1 aliphatic carbocycles. The van der Waals surface area contributed by atoms with Gasteiger partial charge in [0.15, 0.2) is 36.5 Å². The molecular formula is C97H169F12N15O20. The first-order valence-corrected chi connectivity index (χ1v) is 51.0. The molecule has 0 aromatic heterocycles. The van der Waals surface area contributed by atoms with E-state index in [9.17, 15) is 62.3 Å². The second-order valence-corrected chi connectivity index (χ2v) is 42.1. The molecule has 24 fully saturated rings. The smallest absolute Gasteiger partial charge is 0.441 e. The number of rotatable bonds is 3. The molecule has 23 heterocycles. The molecule has 14 bridgehead atoms. The Morgan fingerprint density at radius 1 is 0.424 bits per heavy atom. The maximum absolute atomic E-state index is 13.0. The van der Waals surface area contributed by atoms with Gasteiger partial charge < -0.3 is 154 Å². The molecule has 0 aromatic rings. The standard InChI is InChI=1S/C8H13F2NO.C8H13NO2.C8H15NO.2C7H11F2NO.C7H13NO3.C7H11NO2.2C7H13NO2.C7H13NO.C6H10F3NO.C6H11F2NO.C6H12FNO.C6H10N2O/c1-11-6-2-8(9,10)3-7(11)5-12-4-6;1-9-6-2-8(10)3-7(9)5-11-4-6;1-9-7-3-2-4-8(9)6-10-5-7;1-10-5-2-7(8,9)6(10)4-11-3-5;1-10-4-2-11-3-5(10)7(9)6(4)8;1-8-3-4-11-5-6(8)7(9)10-2;1-8-4-2-9-3-5(8)7-6(4)10-7;1-8-6-2-9-4-7(8)5-10-3-6;1-8-2-3-9-4-7(8)5-10-6-7;1-8-4-5-9-6-7(8)2-3-7;1-10-2-3-11-4-5(10)6(7,8)9;1-9-2-3-10-4-5(9)6(7)8;2*1-8-2-3-9-5-6(8)4-7/h6-7,11H,1-5H2;6-7,9H,1-5H2;7-9H,1-6H2;5-6,10H,1-4H2;4-7,10H,1-3H2;6,8H,1,3-5H2,2H3;4-8H,1-3H2;6-8H,1-5H2;8H,1-6H2;8H,1-6H2;5,10H,1-4H2;5-6,9H,1-4H2;6,8H,1-5H2;6,8H,1-3,5H2. The molecule has 2 spiro atoms. The van der Waals surface area contributed by atoms with Crippen LogP contribution in [0.15, 0.2) is 0 Å². The van der Waals surface area contributed by atoms with E-state index in [-0.39, 0.29) is 111 Å². The number of nitrogens with one attached hydrogen (secondary N) is 14. The van der Waals surface area contributed by atoms with Gasteiger partial charge in [-0.25, -0.2) is 35.5 Å². The molecule has 14 N–H and O–H groups in total. The van der Waals surface area contributed by atoms with Crippen molar-refractivity contribution in [2.45, 2.75) is 239 Å². The lowest BCUT2D eigenvalue weighted by Crippen LogP contribution is -3.21. The van der Waals surface area contributed by atoms with Gasteiger partial charge in [-0.05, 0) is 19.3 Å². The normalized spacial score (nSPS) is 43.1. The van der Waals surface area contributed by atoms with Gasteiger partial charge in [-0.2, -0.15) is 76.5 Å². The van der Waals surface area contributed by atoms with E-state index < -0.39 is 54.9 Å². The van der Waals surface area contributed by atoms with Crippen LogP contribution in [-0.2, 0) is 94.9 Å². The van der Waals surface area contributed by atoms with Gasteiger partial charge in [-0.3, -0.25) is 4.79 Å². The van der Waals surface area contributed by atoms with Crippen LogP contribution >= 0.6 is 0 Å². The minimum Gasteiger partial charge on any atom is -0.465 e. The Kier molecular flexibility index (Phi) is 48.4. The van der Waals surface area contributed by atoms with Crippen LogP contribution in [0.2, 0.25) is 0 Å². The van der Waals surface area contributed by atoms with Crippen molar-refractivity contribution in [1.82, 2.24) is 0 Å². The minimum absolute atomic E-state index is 0.0289. The third-order valence-corrected chi connectivity index (χ3v) is 32.0. The van der Waals surface area contributed by atoms with Crippen LogP contribution in [0, 0.1) is 110 Å². The van der Waals surface area contributed by atoms with Gasteiger partial charge in [0.1, 0.15) is 137 Å². The molecule has 23 saturated heterocycles. The van der Waals surface area contributed by atoms with Gasteiger partial charge in [0.2, 0.25) is 0 Å². The van der Waals surface area contributed by atoms with Crippen LogP contribution in [0.3, 0.4) is 0 Å². The number of ether oxygens (including phenoxy) is 18. The van der Waals surface area contributed by atoms with Crippen molar-refractivity contribution < 1.29 is 216 Å². The van der Waals surface area contributed by atoms with Gasteiger partial charge >= 0.3 is 18.1 Å². The van der Waals surface area contributed by atoms with E-state index in [1.165, 1.54) is 68.6 Å². The highest BCUT2D eigenvalue weighted by Crippen LogP contribution is 2.36. The summed E-state index contributed by atoms with van der Waals surface area (Å²) in [5.41, 5.74) is 0.691. The van der Waals surface area contributed by atoms with Crippen molar-refractivity contribution in [1.29, 1.82) is 5.26 Å². The van der Waals surface area contributed by atoms with Crippen LogP contribution in [0.1, 0.15) is 64.2 Å². The van der Waals surface area contributed by atoms with E-state index >= 15 is 0 Å². The Morgan fingerprint density at radius 3 is 1.19 bits per heavy atom. The van der Waals surface area contributed by atoms with E-state index in [4.69, 9.17) is 85.8 Å². The molecule has 24 rings (SSSR count). The number of alkyl halides is 12. The number of fused-ring (bicyclic) bond motifs is 17. The van der Waals surface area contributed by atoms with Crippen molar-refractivity contribution in [3.63, 3.8) is 0 Å². The number of esters is 1. The van der Waals surface area contributed by atoms with Crippen LogP contribution in [0.5, 0.6) is 0 Å². The minimum atomic E-state index is -4.18. The van der Waals surface area contributed by atoms with Gasteiger partial charge in [-0.15, -0.1) is 49.3 Å². The van der Waals surface area contributed by atoms with Crippen molar-refractivity contribution >= 4 is 11.8 Å². The fourth-order valence-electron chi connectivity index (χ4n) is 21.3. The maximum Gasteiger partial charge on any atom is 0.441 e. The highest BCUT2D eigenvalue weighted by molar-refractivity contribution is 5.80. The Balaban J connectivity index is 0.000000148. The summed E-state index contributed by atoms with van der Waals surface area (Å²) in [6, 6.07) is 1.93. The maximum atomic E-state index is 13.0. The van der Waals surface area contributed by atoms with Crippen LogP contribution < -0.4 is 68.6 Å².